The molecule has 0 spiro atoms. The summed E-state index contributed by atoms with van der Waals surface area (Å²) in [6.07, 6.45) is 2.94. The Labute approximate surface area is 254 Å². The molecule has 1 N–H and O–H groups in total. The average Bonchev–Trinajstić information content (AvgIpc) is 3.26. The maximum absolute atomic E-state index is 10.0. The Morgan fingerprint density at radius 1 is 1.02 bits per heavy atom. The Bertz CT molecular complexity index is 1970. The van der Waals surface area contributed by atoms with Crippen molar-refractivity contribution in [2.24, 2.45) is 0 Å². The number of aryl methyl sites for hydroxylation is 1. The van der Waals surface area contributed by atoms with E-state index >= 15 is 0 Å². The molecule has 6 rings (SSSR count). The van der Waals surface area contributed by atoms with E-state index in [0.717, 1.165) is 38.7 Å². The first-order valence-corrected chi connectivity index (χ1v) is 16.8. The van der Waals surface area contributed by atoms with E-state index in [0.29, 0.717) is 5.71 Å². The number of nitrogens with zero attached hydrogens (tertiary/aromatic N) is 2. The monoisotopic (exact) mass is 738 g/mol. The molecule has 3 heterocycles. The Morgan fingerprint density at radius 2 is 1.73 bits per heavy atom. The van der Waals surface area contributed by atoms with Crippen molar-refractivity contribution in [1.82, 2.24) is 4.98 Å². The van der Waals surface area contributed by atoms with Gasteiger partial charge in [0.2, 0.25) is 5.71 Å². The van der Waals surface area contributed by atoms with Gasteiger partial charge in [0.25, 0.3) is 0 Å². The van der Waals surface area contributed by atoms with E-state index in [2.05, 4.69) is 104 Å². The van der Waals surface area contributed by atoms with Crippen molar-refractivity contribution in [3.63, 3.8) is 0 Å². The second kappa shape index (κ2) is 11.6. The third-order valence-electron chi connectivity index (χ3n) is 6.93. The SMILES string of the molecule is CC(=O)/C=C(/C)O.[CH2-][n+]1c(-c2[c-]c(C)cc3c2oc2ncccc23)cc([Si](C)(C)C)c2c3ccccc3ccc21.[Ir]. The quantitative estimate of drug-likeness (QED) is 0.0509. The molecule has 211 valence electrons. The van der Waals surface area contributed by atoms with Gasteiger partial charge in [-0.3, -0.25) is 4.79 Å². The van der Waals surface area contributed by atoms with Gasteiger partial charge in [-0.2, -0.15) is 0 Å². The van der Waals surface area contributed by atoms with Crippen LogP contribution >= 0.6 is 0 Å². The summed E-state index contributed by atoms with van der Waals surface area (Å²) in [6.45, 7) is 12.1. The molecule has 6 aromatic rings. The van der Waals surface area contributed by atoms with Crippen molar-refractivity contribution >= 4 is 62.8 Å². The molecule has 1 radical (unpaired) electrons. The number of aromatic nitrogens is 2. The van der Waals surface area contributed by atoms with Gasteiger partial charge >= 0.3 is 0 Å². The molecule has 0 fully saturated rings. The molecule has 0 amide bonds. The molecule has 0 aliphatic carbocycles. The molecule has 0 saturated heterocycles. The Hall–Kier alpha value is -3.77. The number of furan rings is 1. The average molecular weight is 738 g/mol. The fourth-order valence-corrected chi connectivity index (χ4v) is 6.83. The molecule has 0 bridgehead atoms. The normalized spacial score (nSPS) is 11.9. The van der Waals surface area contributed by atoms with Crippen LogP contribution in [0.4, 0.5) is 0 Å². The first kappa shape index (κ1) is 30.2. The number of fused-ring (bicyclic) bond motifs is 6. The van der Waals surface area contributed by atoms with Gasteiger partial charge in [-0.1, -0.05) is 67.5 Å². The maximum atomic E-state index is 10.0. The fraction of sp³-hybridized carbons (Fsp3) is 0.176. The topological polar surface area (TPSA) is 67.2 Å². The van der Waals surface area contributed by atoms with Gasteiger partial charge < -0.3 is 14.1 Å². The molecule has 0 aliphatic rings. The Morgan fingerprint density at radius 3 is 2.39 bits per heavy atom. The summed E-state index contributed by atoms with van der Waals surface area (Å²) < 4.78 is 8.34. The zero-order chi connectivity index (χ0) is 28.8. The predicted molar refractivity (Wildman–Crippen MR) is 167 cm³/mol. The van der Waals surface area contributed by atoms with Crippen LogP contribution in [0.25, 0.3) is 55.0 Å². The number of benzene rings is 3. The molecular formula is C34H33IrN2O3Si-. The van der Waals surface area contributed by atoms with E-state index in [9.17, 15) is 4.79 Å². The number of carbonyl (C=O) groups excluding carboxylic acids is 1. The van der Waals surface area contributed by atoms with Gasteiger partial charge in [0.05, 0.1) is 19.4 Å². The van der Waals surface area contributed by atoms with Gasteiger partial charge in [-0.15, -0.1) is 17.7 Å². The van der Waals surface area contributed by atoms with Crippen LogP contribution in [0.2, 0.25) is 19.6 Å². The summed E-state index contributed by atoms with van der Waals surface area (Å²) in [5.74, 6) is -0.0625. The molecule has 5 nitrogen and oxygen atoms in total. The van der Waals surface area contributed by atoms with Crippen molar-refractivity contribution < 1.29 is 39.0 Å². The molecule has 0 saturated carbocycles. The smallest absolute Gasteiger partial charge is 0.216 e. The number of aliphatic hydroxyl groups is 1. The standard InChI is InChI=1S/C29H25N2OSi.C5H8O2.Ir/c1-18-15-22-21-11-8-14-30-29(21)32-28(22)23(16-18)25-17-26(33(3,4)5)27-20-10-7-6-9-19(20)12-13-24(27)31(25)2;1-4(6)3-5(2)7;/h6-15,17H,2H2,1,3-5H3;3,6H,1-2H3;/q-1;;/b;4-3-;. The zero-order valence-corrected chi connectivity index (χ0v) is 27.5. The minimum atomic E-state index is -1.71. The van der Waals surface area contributed by atoms with Crippen molar-refractivity contribution in [2.75, 3.05) is 0 Å². The summed E-state index contributed by atoms with van der Waals surface area (Å²) in [5.41, 5.74) is 5.61. The molecule has 3 aromatic heterocycles. The third-order valence-corrected chi connectivity index (χ3v) is 8.94. The van der Waals surface area contributed by atoms with Gasteiger partial charge in [-0.05, 0) is 59.8 Å². The Balaban J connectivity index is 0.000000434. The number of allylic oxidation sites excluding steroid dienone is 2. The zero-order valence-electron chi connectivity index (χ0n) is 24.1. The number of pyridine rings is 2. The molecular weight excluding hydrogens is 705 g/mol. The number of carbonyl (C=O) groups is 1. The largest absolute Gasteiger partial charge is 0.512 e. The van der Waals surface area contributed by atoms with Gasteiger partial charge in [0.15, 0.2) is 5.78 Å². The second-order valence-corrected chi connectivity index (χ2v) is 16.3. The molecule has 0 atom stereocenters. The van der Waals surface area contributed by atoms with E-state index in [1.165, 1.54) is 41.3 Å². The van der Waals surface area contributed by atoms with E-state index in [4.69, 9.17) is 9.52 Å². The summed E-state index contributed by atoms with van der Waals surface area (Å²) in [6, 6.07) is 25.1. The minimum absolute atomic E-state index is 0. The molecule has 3 aromatic carbocycles. The number of hydrogen-bond donors (Lipinski definition) is 1. The number of aliphatic hydroxyl groups excluding tert-OH is 1. The van der Waals surface area contributed by atoms with Crippen molar-refractivity contribution in [1.29, 1.82) is 0 Å². The molecule has 0 aliphatic heterocycles. The first-order chi connectivity index (χ1) is 19.0. The molecule has 7 heteroatoms. The van der Waals surface area contributed by atoms with Crippen molar-refractivity contribution in [2.45, 2.75) is 40.4 Å². The fourth-order valence-electron chi connectivity index (χ4n) is 5.24. The van der Waals surface area contributed by atoms with E-state index < -0.39 is 8.07 Å². The summed E-state index contributed by atoms with van der Waals surface area (Å²) in [4.78, 5) is 14.5. The molecule has 41 heavy (non-hydrogen) atoms. The van der Waals surface area contributed by atoms with Gasteiger partial charge in [0.1, 0.15) is 11.2 Å². The first-order valence-electron chi connectivity index (χ1n) is 13.3. The van der Waals surface area contributed by atoms with Gasteiger partial charge in [0, 0.05) is 44.8 Å². The van der Waals surface area contributed by atoms with Crippen LogP contribution in [-0.4, -0.2) is 23.9 Å². The van der Waals surface area contributed by atoms with E-state index in [-0.39, 0.29) is 31.6 Å². The van der Waals surface area contributed by atoms with Crippen LogP contribution in [0.1, 0.15) is 19.4 Å². The predicted octanol–water partition coefficient (Wildman–Crippen LogP) is 7.57. The van der Waals surface area contributed by atoms with Crippen LogP contribution in [0.3, 0.4) is 0 Å². The third kappa shape index (κ3) is 5.84. The maximum Gasteiger partial charge on any atom is 0.216 e. The Kier molecular flexibility index (Phi) is 8.55. The van der Waals surface area contributed by atoms with Crippen molar-refractivity contribution in [3.8, 4) is 11.3 Å². The van der Waals surface area contributed by atoms with Crippen LogP contribution < -0.4 is 9.75 Å². The number of rotatable bonds is 3. The summed E-state index contributed by atoms with van der Waals surface area (Å²) >= 11 is 0. The summed E-state index contributed by atoms with van der Waals surface area (Å²) in [5, 5.41) is 15.7. The van der Waals surface area contributed by atoms with E-state index in [1.807, 2.05) is 6.07 Å². The van der Waals surface area contributed by atoms with Crippen LogP contribution in [0.15, 0.2) is 83.1 Å². The minimum Gasteiger partial charge on any atom is -0.512 e. The van der Waals surface area contributed by atoms with Gasteiger partial charge in [-0.25, -0.2) is 4.98 Å². The summed E-state index contributed by atoms with van der Waals surface area (Å²) in [7, 11) is 2.79. The van der Waals surface area contributed by atoms with Crippen LogP contribution in [-0.2, 0) is 24.9 Å². The number of hydrogen-bond acceptors (Lipinski definition) is 4. The van der Waals surface area contributed by atoms with E-state index in [1.54, 1.807) is 6.20 Å². The molecule has 0 unspecified atom stereocenters. The van der Waals surface area contributed by atoms with Crippen molar-refractivity contribution in [3.05, 3.63) is 97.4 Å². The number of ketones is 1. The second-order valence-electron chi connectivity index (χ2n) is 11.2. The van der Waals surface area contributed by atoms with Crippen LogP contribution in [0, 0.1) is 20.0 Å². The van der Waals surface area contributed by atoms with Crippen LogP contribution in [0.5, 0.6) is 0 Å².